The van der Waals surface area contributed by atoms with Gasteiger partial charge in [0.25, 0.3) is 11.8 Å². The Morgan fingerprint density at radius 2 is 1.00 bits per heavy atom. The monoisotopic (exact) mass is 482 g/mol. The third kappa shape index (κ3) is 7.79. The van der Waals surface area contributed by atoms with Gasteiger partial charge in [-0.25, -0.2) is 0 Å². The molecule has 0 spiro atoms. The molecule has 1 aliphatic rings. The predicted molar refractivity (Wildman–Crippen MR) is 133 cm³/mol. The minimum absolute atomic E-state index is 0.187. The van der Waals surface area contributed by atoms with Crippen LogP contribution in [0.25, 0.3) is 0 Å². The fourth-order valence-electron chi connectivity index (χ4n) is 2.94. The Morgan fingerprint density at radius 3 is 1.40 bits per heavy atom. The Hall–Kier alpha value is -3.98. The first-order valence-corrected chi connectivity index (χ1v) is 11.1. The number of ether oxygens (including phenoxy) is 5. The number of hydrogen-bond donors (Lipinski definition) is 2. The van der Waals surface area contributed by atoms with Gasteiger partial charge in [0, 0.05) is 34.7 Å². The molecule has 0 saturated heterocycles. The summed E-state index contributed by atoms with van der Waals surface area (Å²) in [5, 5.41) is 5.52. The zero-order valence-electron chi connectivity index (χ0n) is 20.0. The topological polar surface area (TPSA) is 104 Å². The number of hydrogen-bond acceptors (Lipinski definition) is 7. The van der Waals surface area contributed by atoms with Gasteiger partial charge in [-0.05, 0) is 38.1 Å². The smallest absolute Gasteiger partial charge is 0.250 e. The average Bonchev–Trinajstić information content (AvgIpc) is 2.83. The average molecular weight is 483 g/mol. The van der Waals surface area contributed by atoms with E-state index in [0.29, 0.717) is 71.9 Å². The molecule has 35 heavy (non-hydrogen) atoms. The molecule has 3 rings (SSSR count). The standard InChI is InChI=1S/C26H30N2O7/c1-17(2)25(29)27-19-5-7-21-23(15-19)34-13-14-35-24-16-20(28-26(30)18(3)4)6-8-22(24)33-12-10-31-9-11-32-21/h5-8,15-16H,1,3,9-14H2,2,4H3,(H,27,29)(H,28,30). The van der Waals surface area contributed by atoms with Crippen LogP contribution in [0.1, 0.15) is 13.8 Å². The number of nitrogens with one attached hydrogen (secondary N) is 2. The van der Waals surface area contributed by atoms with Gasteiger partial charge in [-0.1, -0.05) is 13.2 Å². The summed E-state index contributed by atoms with van der Waals surface area (Å²) < 4.78 is 29.0. The van der Waals surface area contributed by atoms with E-state index in [0.717, 1.165) is 0 Å². The van der Waals surface area contributed by atoms with E-state index >= 15 is 0 Å². The van der Waals surface area contributed by atoms with Gasteiger partial charge in [-0.15, -0.1) is 0 Å². The predicted octanol–water partition coefficient (Wildman–Crippen LogP) is 3.96. The van der Waals surface area contributed by atoms with Crippen molar-refractivity contribution in [2.75, 3.05) is 50.3 Å². The van der Waals surface area contributed by atoms with E-state index in [1.807, 2.05) is 0 Å². The summed E-state index contributed by atoms with van der Waals surface area (Å²) in [4.78, 5) is 24.0. The molecular formula is C26H30N2O7. The lowest BCUT2D eigenvalue weighted by Gasteiger charge is -2.16. The van der Waals surface area contributed by atoms with Crippen LogP contribution in [0.4, 0.5) is 11.4 Å². The quantitative estimate of drug-likeness (QED) is 0.636. The van der Waals surface area contributed by atoms with Gasteiger partial charge >= 0.3 is 0 Å². The second kappa shape index (κ2) is 12.5. The Bertz CT molecular complexity index is 1010. The van der Waals surface area contributed by atoms with Crippen molar-refractivity contribution in [2.24, 2.45) is 0 Å². The zero-order chi connectivity index (χ0) is 25.2. The van der Waals surface area contributed by atoms with E-state index in [-0.39, 0.29) is 25.0 Å². The highest BCUT2D eigenvalue weighted by atomic mass is 16.6. The molecule has 0 atom stereocenters. The van der Waals surface area contributed by atoms with Gasteiger partial charge in [0.05, 0.1) is 13.2 Å². The van der Waals surface area contributed by atoms with Crippen molar-refractivity contribution in [3.63, 3.8) is 0 Å². The van der Waals surface area contributed by atoms with Crippen molar-refractivity contribution in [3.05, 3.63) is 60.7 Å². The molecule has 186 valence electrons. The number of anilines is 2. The highest BCUT2D eigenvalue weighted by Crippen LogP contribution is 2.33. The van der Waals surface area contributed by atoms with Crippen molar-refractivity contribution >= 4 is 23.2 Å². The largest absolute Gasteiger partial charge is 0.487 e. The van der Waals surface area contributed by atoms with E-state index < -0.39 is 0 Å². The van der Waals surface area contributed by atoms with Crippen LogP contribution >= 0.6 is 0 Å². The molecule has 2 aromatic carbocycles. The molecule has 0 unspecified atom stereocenters. The van der Waals surface area contributed by atoms with Crippen molar-refractivity contribution < 1.29 is 33.3 Å². The molecule has 0 radical (unpaired) electrons. The number of benzene rings is 2. The van der Waals surface area contributed by atoms with Gasteiger partial charge < -0.3 is 34.3 Å². The van der Waals surface area contributed by atoms with Crippen LogP contribution < -0.4 is 29.6 Å². The van der Waals surface area contributed by atoms with Crippen LogP contribution in [0, 0.1) is 0 Å². The first kappa shape index (κ1) is 25.6. The Kier molecular flexibility index (Phi) is 9.14. The fraction of sp³-hybridized carbons (Fsp3) is 0.308. The van der Waals surface area contributed by atoms with E-state index in [2.05, 4.69) is 23.8 Å². The van der Waals surface area contributed by atoms with E-state index in [9.17, 15) is 9.59 Å². The molecule has 9 nitrogen and oxygen atoms in total. The molecule has 0 bridgehead atoms. The van der Waals surface area contributed by atoms with E-state index in [4.69, 9.17) is 23.7 Å². The summed E-state index contributed by atoms with van der Waals surface area (Å²) in [6.45, 7) is 12.3. The number of rotatable bonds is 4. The molecule has 0 saturated carbocycles. The third-order valence-electron chi connectivity index (χ3n) is 4.75. The molecule has 0 aromatic heterocycles. The molecule has 1 aliphatic heterocycles. The lowest BCUT2D eigenvalue weighted by molar-refractivity contribution is -0.113. The Morgan fingerprint density at radius 1 is 0.629 bits per heavy atom. The van der Waals surface area contributed by atoms with Crippen LogP contribution in [0.5, 0.6) is 23.0 Å². The number of carbonyl (C=O) groups is 2. The number of amides is 2. The van der Waals surface area contributed by atoms with Crippen LogP contribution in [0.3, 0.4) is 0 Å². The van der Waals surface area contributed by atoms with Crippen molar-refractivity contribution in [3.8, 4) is 23.0 Å². The lowest BCUT2D eigenvalue weighted by atomic mass is 10.2. The number of carbonyl (C=O) groups excluding carboxylic acids is 2. The molecule has 0 fully saturated rings. The zero-order valence-corrected chi connectivity index (χ0v) is 20.0. The second-order valence-electron chi connectivity index (χ2n) is 7.80. The maximum absolute atomic E-state index is 12.0. The minimum atomic E-state index is -0.286. The lowest BCUT2D eigenvalue weighted by Crippen LogP contribution is -2.14. The van der Waals surface area contributed by atoms with Gasteiger partial charge in [-0.2, -0.15) is 0 Å². The Labute approximate surface area is 204 Å². The molecule has 2 aromatic rings. The van der Waals surface area contributed by atoms with Crippen LogP contribution in [-0.4, -0.2) is 51.5 Å². The second-order valence-corrected chi connectivity index (χ2v) is 7.80. The van der Waals surface area contributed by atoms with Gasteiger partial charge in [-0.3, -0.25) is 9.59 Å². The fourth-order valence-corrected chi connectivity index (χ4v) is 2.94. The normalized spacial score (nSPS) is 14.0. The maximum atomic E-state index is 12.0. The number of fused-ring (bicyclic) bond motifs is 2. The molecule has 9 heteroatoms. The van der Waals surface area contributed by atoms with Crippen LogP contribution in [-0.2, 0) is 14.3 Å². The minimum Gasteiger partial charge on any atom is -0.487 e. The molecule has 2 N–H and O–H groups in total. The maximum Gasteiger partial charge on any atom is 0.250 e. The van der Waals surface area contributed by atoms with Crippen molar-refractivity contribution in [1.29, 1.82) is 0 Å². The summed E-state index contributed by atoms with van der Waals surface area (Å²) in [7, 11) is 0. The summed E-state index contributed by atoms with van der Waals surface area (Å²) in [6.07, 6.45) is 0. The van der Waals surface area contributed by atoms with Crippen LogP contribution in [0.15, 0.2) is 60.7 Å². The Balaban J connectivity index is 1.76. The van der Waals surface area contributed by atoms with Crippen LogP contribution in [0.2, 0.25) is 0 Å². The first-order valence-electron chi connectivity index (χ1n) is 11.1. The highest BCUT2D eigenvalue weighted by Gasteiger charge is 2.13. The van der Waals surface area contributed by atoms with Gasteiger partial charge in [0.15, 0.2) is 23.0 Å². The third-order valence-corrected chi connectivity index (χ3v) is 4.75. The first-order chi connectivity index (χ1) is 16.8. The van der Waals surface area contributed by atoms with E-state index in [1.54, 1.807) is 50.2 Å². The summed E-state index contributed by atoms with van der Waals surface area (Å²) >= 11 is 0. The van der Waals surface area contributed by atoms with E-state index in [1.165, 1.54) is 0 Å². The molecule has 1 heterocycles. The summed E-state index contributed by atoms with van der Waals surface area (Å²) in [5.41, 5.74) is 1.88. The molecular weight excluding hydrogens is 452 g/mol. The van der Waals surface area contributed by atoms with Crippen molar-refractivity contribution in [1.82, 2.24) is 0 Å². The highest BCUT2D eigenvalue weighted by molar-refractivity contribution is 6.03. The SMILES string of the molecule is C=C(C)C(=O)Nc1ccc2c(c1)OCCOc1cc(NC(=O)C(=C)C)ccc1OCCOCCO2. The van der Waals surface area contributed by atoms with Gasteiger partial charge in [0.1, 0.15) is 26.4 Å². The molecule has 2 amide bonds. The van der Waals surface area contributed by atoms with Gasteiger partial charge in [0.2, 0.25) is 0 Å². The molecule has 0 aliphatic carbocycles. The summed E-state index contributed by atoms with van der Waals surface area (Å²) in [5.74, 6) is 1.34. The van der Waals surface area contributed by atoms with Crippen molar-refractivity contribution in [2.45, 2.75) is 13.8 Å². The summed E-state index contributed by atoms with van der Waals surface area (Å²) in [6, 6.07) is 10.2.